The van der Waals surface area contributed by atoms with Gasteiger partial charge in [0.1, 0.15) is 24.1 Å². The van der Waals surface area contributed by atoms with E-state index in [9.17, 15) is 14.0 Å². The maximum absolute atomic E-state index is 13.3. The molecule has 0 aliphatic heterocycles. The topological polar surface area (TPSA) is 64.6 Å². The van der Waals surface area contributed by atoms with Crippen LogP contribution in [0.2, 0.25) is 0 Å². The summed E-state index contributed by atoms with van der Waals surface area (Å²) >= 11 is 0. The summed E-state index contributed by atoms with van der Waals surface area (Å²) in [6.45, 7) is 6.85. The van der Waals surface area contributed by atoms with E-state index in [1.165, 1.54) is 12.1 Å². The molecule has 0 saturated carbocycles. The molecule has 2 aromatic carbocycles. The molecule has 0 bridgehead atoms. The van der Waals surface area contributed by atoms with E-state index in [0.29, 0.717) is 6.42 Å². The number of carbonyl (C=O) groups is 2. The molecule has 1 N–H and O–H groups in total. The monoisotopic (exact) mass is 401 g/mol. The van der Waals surface area contributed by atoms with Gasteiger partial charge in [-0.3, -0.25) is 4.79 Å². The van der Waals surface area contributed by atoms with Crippen LogP contribution in [0, 0.1) is 5.82 Å². The summed E-state index contributed by atoms with van der Waals surface area (Å²) in [7, 11) is 0. The second kappa shape index (κ2) is 10.0. The third kappa shape index (κ3) is 7.94. The lowest BCUT2D eigenvalue weighted by Gasteiger charge is -2.25. The van der Waals surface area contributed by atoms with Crippen molar-refractivity contribution in [3.05, 3.63) is 71.5 Å². The van der Waals surface area contributed by atoms with Crippen molar-refractivity contribution in [2.45, 2.75) is 51.7 Å². The van der Waals surface area contributed by atoms with Gasteiger partial charge in [0, 0.05) is 12.3 Å². The Morgan fingerprint density at radius 3 is 2.24 bits per heavy atom. The van der Waals surface area contributed by atoms with Crippen molar-refractivity contribution in [1.82, 2.24) is 5.32 Å². The average molecular weight is 401 g/mol. The molecule has 29 heavy (non-hydrogen) atoms. The highest BCUT2D eigenvalue weighted by atomic mass is 19.1. The van der Waals surface area contributed by atoms with Gasteiger partial charge in [-0.25, -0.2) is 9.18 Å². The van der Waals surface area contributed by atoms with E-state index in [1.807, 2.05) is 37.3 Å². The molecule has 0 saturated heterocycles. The van der Waals surface area contributed by atoms with Gasteiger partial charge < -0.3 is 14.8 Å². The summed E-state index contributed by atoms with van der Waals surface area (Å²) in [4.78, 5) is 24.1. The van der Waals surface area contributed by atoms with Crippen LogP contribution in [0.4, 0.5) is 9.18 Å². The first-order valence-corrected chi connectivity index (χ1v) is 9.60. The molecule has 0 fully saturated rings. The summed E-state index contributed by atoms with van der Waals surface area (Å²) in [5.74, 6) is -1.05. The van der Waals surface area contributed by atoms with Gasteiger partial charge >= 0.3 is 12.1 Å². The molecule has 2 aromatic rings. The van der Waals surface area contributed by atoms with Crippen LogP contribution in [-0.2, 0) is 20.7 Å². The molecule has 0 heterocycles. The zero-order valence-electron chi connectivity index (χ0n) is 17.3. The highest BCUT2D eigenvalue weighted by molar-refractivity contribution is 5.78. The Hall–Kier alpha value is -2.89. The third-order valence-corrected chi connectivity index (χ3v) is 4.29. The van der Waals surface area contributed by atoms with Crippen molar-refractivity contribution in [2.75, 3.05) is 6.54 Å². The lowest BCUT2D eigenvalue weighted by atomic mass is 9.91. The molecule has 2 unspecified atom stereocenters. The number of hydrogen-bond donors (Lipinski definition) is 1. The molecule has 2 rings (SSSR count). The fourth-order valence-electron chi connectivity index (χ4n) is 2.82. The number of nitrogens with one attached hydrogen (secondary N) is 1. The molecule has 0 radical (unpaired) electrons. The zero-order chi connectivity index (χ0) is 21.4. The number of benzene rings is 2. The lowest BCUT2D eigenvalue weighted by molar-refractivity contribution is -0.148. The fraction of sp³-hybridized carbons (Fsp3) is 0.391. The number of alkyl carbamates (subject to hydrolysis) is 1. The van der Waals surface area contributed by atoms with Crippen LogP contribution in [0.25, 0.3) is 0 Å². The fourth-order valence-corrected chi connectivity index (χ4v) is 2.82. The quantitative estimate of drug-likeness (QED) is 0.688. The summed E-state index contributed by atoms with van der Waals surface area (Å²) in [5.41, 5.74) is 1.22. The van der Waals surface area contributed by atoms with Gasteiger partial charge in [0.25, 0.3) is 0 Å². The van der Waals surface area contributed by atoms with Crippen LogP contribution in [0.1, 0.15) is 44.7 Å². The number of ether oxygens (including phenoxy) is 2. The Morgan fingerprint density at radius 1 is 1.03 bits per heavy atom. The maximum atomic E-state index is 13.3. The van der Waals surface area contributed by atoms with E-state index in [4.69, 9.17) is 9.47 Å². The van der Waals surface area contributed by atoms with Crippen LogP contribution in [0.3, 0.4) is 0 Å². The van der Waals surface area contributed by atoms with Gasteiger partial charge in [-0.1, -0.05) is 49.4 Å². The van der Waals surface area contributed by atoms with Gasteiger partial charge in [0.05, 0.1) is 0 Å². The van der Waals surface area contributed by atoms with Crippen molar-refractivity contribution in [2.24, 2.45) is 0 Å². The van der Waals surface area contributed by atoms with E-state index < -0.39 is 23.8 Å². The average Bonchev–Trinajstić information content (AvgIpc) is 2.65. The van der Waals surface area contributed by atoms with Crippen LogP contribution in [-0.4, -0.2) is 30.3 Å². The standard InChI is InChI=1S/C23H28FNO4/c1-16(18-10-12-19(24)13-11-18)20(14-17-8-6-5-7-9-17)28-21(26)15-25-22(27)29-23(2,3)4/h5-13,16,20H,14-15H2,1-4H3,(H,25,27). The van der Waals surface area contributed by atoms with Crippen LogP contribution < -0.4 is 5.32 Å². The van der Waals surface area contributed by atoms with Crippen LogP contribution >= 0.6 is 0 Å². The minimum absolute atomic E-state index is 0.165. The molecule has 0 spiro atoms. The first kappa shape index (κ1) is 22.4. The van der Waals surface area contributed by atoms with Crippen molar-refractivity contribution < 1.29 is 23.5 Å². The van der Waals surface area contributed by atoms with E-state index in [2.05, 4.69) is 5.32 Å². The predicted octanol–water partition coefficient (Wildman–Crippen LogP) is 4.61. The maximum Gasteiger partial charge on any atom is 0.408 e. The summed E-state index contributed by atoms with van der Waals surface area (Å²) < 4.78 is 24.1. The molecule has 0 aliphatic rings. The Bertz CT molecular complexity index is 800. The number of rotatable bonds is 7. The number of esters is 1. The molecule has 0 aliphatic carbocycles. The normalized spacial score (nSPS) is 13.3. The van der Waals surface area contributed by atoms with E-state index >= 15 is 0 Å². The Morgan fingerprint density at radius 2 is 1.66 bits per heavy atom. The van der Waals surface area contributed by atoms with E-state index in [-0.39, 0.29) is 18.3 Å². The first-order chi connectivity index (χ1) is 13.6. The third-order valence-electron chi connectivity index (χ3n) is 4.29. The van der Waals surface area contributed by atoms with Crippen LogP contribution in [0.5, 0.6) is 0 Å². The highest BCUT2D eigenvalue weighted by Crippen LogP contribution is 2.25. The van der Waals surface area contributed by atoms with E-state index in [1.54, 1.807) is 32.9 Å². The van der Waals surface area contributed by atoms with Gasteiger partial charge in [0.2, 0.25) is 0 Å². The van der Waals surface area contributed by atoms with E-state index in [0.717, 1.165) is 11.1 Å². The van der Waals surface area contributed by atoms with Crippen molar-refractivity contribution in [3.8, 4) is 0 Å². The minimum atomic E-state index is -0.680. The number of hydrogen-bond acceptors (Lipinski definition) is 4. The second-order valence-corrected chi connectivity index (χ2v) is 7.91. The Kier molecular flexibility index (Phi) is 7.76. The molecule has 2 atom stereocenters. The predicted molar refractivity (Wildman–Crippen MR) is 109 cm³/mol. The highest BCUT2D eigenvalue weighted by Gasteiger charge is 2.24. The SMILES string of the molecule is CC(c1ccc(F)cc1)C(Cc1ccccc1)OC(=O)CNC(=O)OC(C)(C)C. The van der Waals surface area contributed by atoms with Gasteiger partial charge in [-0.15, -0.1) is 0 Å². The molecule has 6 heteroatoms. The molecule has 1 amide bonds. The molecular formula is C23H28FNO4. The van der Waals surface area contributed by atoms with Gasteiger partial charge in [-0.05, 0) is 44.0 Å². The van der Waals surface area contributed by atoms with Gasteiger partial charge in [-0.2, -0.15) is 0 Å². The lowest BCUT2D eigenvalue weighted by Crippen LogP contribution is -2.37. The molecule has 5 nitrogen and oxygen atoms in total. The molecular weight excluding hydrogens is 373 g/mol. The number of amides is 1. The molecule has 156 valence electrons. The number of halogens is 1. The Labute approximate surface area is 171 Å². The molecule has 0 aromatic heterocycles. The van der Waals surface area contributed by atoms with Crippen molar-refractivity contribution >= 4 is 12.1 Å². The van der Waals surface area contributed by atoms with Crippen molar-refractivity contribution in [1.29, 1.82) is 0 Å². The van der Waals surface area contributed by atoms with Crippen LogP contribution in [0.15, 0.2) is 54.6 Å². The van der Waals surface area contributed by atoms with Crippen molar-refractivity contribution in [3.63, 3.8) is 0 Å². The largest absolute Gasteiger partial charge is 0.460 e. The summed E-state index contributed by atoms with van der Waals surface area (Å²) in [5, 5.41) is 2.41. The summed E-state index contributed by atoms with van der Waals surface area (Å²) in [6.07, 6.45) is -0.658. The first-order valence-electron chi connectivity index (χ1n) is 9.60. The van der Waals surface area contributed by atoms with Gasteiger partial charge in [0.15, 0.2) is 0 Å². The minimum Gasteiger partial charge on any atom is -0.460 e. The number of carbonyl (C=O) groups excluding carboxylic acids is 2. The zero-order valence-corrected chi connectivity index (χ0v) is 17.3. The smallest absolute Gasteiger partial charge is 0.408 e. The summed E-state index contributed by atoms with van der Waals surface area (Å²) in [6, 6.07) is 15.8. The second-order valence-electron chi connectivity index (χ2n) is 7.91. The Balaban J connectivity index is 2.05.